The molecule has 0 radical (unpaired) electrons. The van der Waals surface area contributed by atoms with Crippen molar-refractivity contribution in [2.24, 2.45) is 0 Å². The van der Waals surface area contributed by atoms with Crippen LogP contribution in [0.4, 0.5) is 0 Å². The van der Waals surface area contributed by atoms with Crippen LogP contribution in [0.15, 0.2) is 83.3 Å². The summed E-state index contributed by atoms with van der Waals surface area (Å²) in [5.74, 6) is 0.868. The molecular weight excluding hydrogens is 575 g/mol. The molecule has 0 spiro atoms. The van der Waals surface area contributed by atoms with Crippen LogP contribution in [-0.2, 0) is 17.9 Å². The maximum absolute atomic E-state index is 13.4. The summed E-state index contributed by atoms with van der Waals surface area (Å²) < 4.78 is 6.18. The van der Waals surface area contributed by atoms with Gasteiger partial charge in [0.05, 0.1) is 6.54 Å². The van der Waals surface area contributed by atoms with E-state index in [9.17, 15) is 14.7 Å². The molecule has 3 aromatic carbocycles. The molecule has 4 rings (SSSR count). The topological polar surface area (TPSA) is 82.8 Å². The van der Waals surface area contributed by atoms with Crippen molar-refractivity contribution in [2.45, 2.75) is 52.4 Å². The van der Waals surface area contributed by atoms with E-state index in [0.717, 1.165) is 39.3 Å². The fourth-order valence-corrected chi connectivity index (χ4v) is 5.40. The van der Waals surface area contributed by atoms with E-state index < -0.39 is 12.0 Å². The second-order valence-electron chi connectivity index (χ2n) is 10.6. The first-order valence-electron chi connectivity index (χ1n) is 14.0. The van der Waals surface area contributed by atoms with Gasteiger partial charge in [0.2, 0.25) is 0 Å². The Morgan fingerprint density at radius 1 is 0.977 bits per heavy atom. The Bertz CT molecular complexity index is 1520. The molecule has 43 heavy (non-hydrogen) atoms. The van der Waals surface area contributed by atoms with E-state index in [-0.39, 0.29) is 30.8 Å². The molecule has 1 heterocycles. The summed E-state index contributed by atoms with van der Waals surface area (Å²) in [6, 6.07) is 24.6. The molecule has 1 amide bonds. The number of carboxylic acid groups (broad SMARTS) is 1. The number of amides is 1. The van der Waals surface area contributed by atoms with E-state index in [0.29, 0.717) is 35.8 Å². The predicted octanol–water partition coefficient (Wildman–Crippen LogP) is 7.27. The summed E-state index contributed by atoms with van der Waals surface area (Å²) in [6.07, 6.45) is 2.27. The molecule has 0 bridgehead atoms. The van der Waals surface area contributed by atoms with Crippen LogP contribution in [-0.4, -0.2) is 64.8 Å². The fourth-order valence-electron chi connectivity index (χ4n) is 4.80. The number of carbonyl (C=O) groups excluding carboxylic acids is 1. The van der Waals surface area contributed by atoms with E-state index in [1.807, 2.05) is 92.0 Å². The molecule has 0 aliphatic carbocycles. The van der Waals surface area contributed by atoms with Gasteiger partial charge in [0.1, 0.15) is 17.6 Å². The second kappa shape index (κ2) is 16.2. The van der Waals surface area contributed by atoms with Gasteiger partial charge in [0.15, 0.2) is 0 Å². The Kier molecular flexibility index (Phi) is 13.0. The zero-order chi connectivity index (χ0) is 30.2. The van der Waals surface area contributed by atoms with Gasteiger partial charge in [0.25, 0.3) is 5.91 Å². The first-order valence-corrected chi connectivity index (χ1v) is 15.7. The van der Waals surface area contributed by atoms with Crippen molar-refractivity contribution < 1.29 is 19.1 Å². The van der Waals surface area contributed by atoms with Crippen molar-refractivity contribution in [3.05, 3.63) is 106 Å². The molecule has 0 aliphatic rings. The number of carboxylic acids is 1. The predicted molar refractivity (Wildman–Crippen MR) is 179 cm³/mol. The van der Waals surface area contributed by atoms with Gasteiger partial charge >= 0.3 is 24.8 Å². The molecule has 1 atom stereocenters. The van der Waals surface area contributed by atoms with Crippen molar-refractivity contribution in [1.29, 1.82) is 0 Å². The average Bonchev–Trinajstić information content (AvgIpc) is 3.43. The van der Waals surface area contributed by atoms with Crippen LogP contribution in [0.3, 0.4) is 0 Å². The van der Waals surface area contributed by atoms with Crippen molar-refractivity contribution >= 4 is 54.1 Å². The monoisotopic (exact) mass is 612 g/mol. The van der Waals surface area contributed by atoms with E-state index in [1.165, 1.54) is 0 Å². The molecule has 0 aliphatic heterocycles. The zero-order valence-electron chi connectivity index (χ0n) is 24.4. The number of thioether (sulfide) groups is 1. The van der Waals surface area contributed by atoms with Gasteiger partial charge in [-0.25, -0.2) is 4.79 Å². The first-order chi connectivity index (χ1) is 20.2. The molecule has 0 saturated carbocycles. The van der Waals surface area contributed by atoms with Crippen LogP contribution in [0, 0.1) is 6.92 Å². The SMILES string of the molecule is CSCC[C@H](NC(=O)c1ccc(CN(Cc2ccc(-c3ccc(Cl)cc3)o2)C(C)C)cc1-c1ccccc1C)C(=O)O.[LiH]. The Labute approximate surface area is 275 Å². The molecule has 0 fully saturated rings. The quantitative estimate of drug-likeness (QED) is 0.155. The van der Waals surface area contributed by atoms with E-state index in [2.05, 4.69) is 24.1 Å². The van der Waals surface area contributed by atoms with Gasteiger partial charge in [-0.15, -0.1) is 0 Å². The van der Waals surface area contributed by atoms with Gasteiger partial charge in [-0.1, -0.05) is 41.9 Å². The Hall–Kier alpha value is -2.92. The van der Waals surface area contributed by atoms with Gasteiger partial charge < -0.3 is 14.8 Å². The van der Waals surface area contributed by atoms with E-state index >= 15 is 0 Å². The summed E-state index contributed by atoms with van der Waals surface area (Å²) in [5.41, 5.74) is 5.22. The van der Waals surface area contributed by atoms with Crippen LogP contribution in [0.25, 0.3) is 22.5 Å². The van der Waals surface area contributed by atoms with Gasteiger partial charge in [-0.3, -0.25) is 9.69 Å². The molecule has 6 nitrogen and oxygen atoms in total. The third-order valence-corrected chi connectivity index (χ3v) is 8.14. The van der Waals surface area contributed by atoms with Gasteiger partial charge in [0, 0.05) is 28.7 Å². The van der Waals surface area contributed by atoms with Crippen LogP contribution in [0.2, 0.25) is 5.02 Å². The molecule has 2 N–H and O–H groups in total. The van der Waals surface area contributed by atoms with Crippen LogP contribution >= 0.6 is 23.4 Å². The summed E-state index contributed by atoms with van der Waals surface area (Å²) in [6.45, 7) is 7.56. The molecule has 0 saturated heterocycles. The number of nitrogens with zero attached hydrogens (tertiary/aromatic N) is 1. The number of carbonyl (C=O) groups is 2. The first kappa shape index (κ1) is 34.6. The minimum absolute atomic E-state index is 0. The number of halogens is 1. The molecular formula is C34H38ClLiN2O4S. The van der Waals surface area contributed by atoms with Gasteiger partial charge in [-0.05, 0) is 110 Å². The molecule has 222 valence electrons. The Balaban J connectivity index is 0.00000506. The summed E-state index contributed by atoms with van der Waals surface area (Å²) >= 11 is 7.59. The van der Waals surface area contributed by atoms with Crippen LogP contribution in [0.1, 0.15) is 47.5 Å². The van der Waals surface area contributed by atoms with E-state index in [1.54, 1.807) is 11.8 Å². The average molecular weight is 613 g/mol. The summed E-state index contributed by atoms with van der Waals surface area (Å²) in [4.78, 5) is 27.6. The molecule has 0 unspecified atom stereocenters. The molecule has 4 aromatic rings. The standard InChI is InChI=1S/C34H37ClN2O4S.Li.H/c1-22(2)37(21-27-14-16-32(41-27)25-10-12-26(35)13-11-25)20-24-9-15-29(30(19-24)28-8-6-5-7-23(28)3)33(38)36-31(34(39)40)17-18-42-4;;/h5-16,19,22,31H,17-18,20-21H2,1-4H3,(H,36,38)(H,39,40);;/t31-;;/m0../s1. The third kappa shape index (κ3) is 9.28. The fraction of sp³-hybridized carbons (Fsp3) is 0.294. The summed E-state index contributed by atoms with van der Waals surface area (Å²) in [5, 5.41) is 13.1. The van der Waals surface area contributed by atoms with Crippen molar-refractivity contribution in [3.63, 3.8) is 0 Å². The van der Waals surface area contributed by atoms with E-state index in [4.69, 9.17) is 16.0 Å². The van der Waals surface area contributed by atoms with Crippen molar-refractivity contribution in [3.8, 4) is 22.5 Å². The second-order valence-corrected chi connectivity index (χ2v) is 12.0. The number of nitrogens with one attached hydrogen (secondary N) is 1. The Morgan fingerprint density at radius 3 is 2.35 bits per heavy atom. The number of hydrogen-bond acceptors (Lipinski definition) is 5. The van der Waals surface area contributed by atoms with Gasteiger partial charge in [-0.2, -0.15) is 11.8 Å². The Morgan fingerprint density at radius 2 is 1.70 bits per heavy atom. The number of hydrogen-bond donors (Lipinski definition) is 2. The molecule has 1 aromatic heterocycles. The number of furan rings is 1. The normalized spacial score (nSPS) is 11.8. The van der Waals surface area contributed by atoms with Crippen LogP contribution < -0.4 is 5.32 Å². The third-order valence-electron chi connectivity index (χ3n) is 7.24. The zero-order valence-corrected chi connectivity index (χ0v) is 26.0. The minimum atomic E-state index is -1.03. The maximum atomic E-state index is 13.4. The number of rotatable bonds is 13. The number of benzene rings is 3. The van der Waals surface area contributed by atoms with Crippen molar-refractivity contribution in [1.82, 2.24) is 10.2 Å². The summed E-state index contributed by atoms with van der Waals surface area (Å²) in [7, 11) is 0. The molecule has 9 heteroatoms. The van der Waals surface area contributed by atoms with Crippen molar-refractivity contribution in [2.75, 3.05) is 12.0 Å². The van der Waals surface area contributed by atoms with Crippen LogP contribution in [0.5, 0.6) is 0 Å². The number of aryl methyl sites for hydroxylation is 1. The number of aliphatic carboxylic acids is 1.